The monoisotopic (exact) mass is 472 g/mol. The molecule has 0 bridgehead atoms. The van der Waals surface area contributed by atoms with Crippen molar-refractivity contribution in [3.8, 4) is 11.5 Å². The first-order chi connectivity index (χ1) is 15.6. The lowest BCUT2D eigenvalue weighted by Crippen LogP contribution is -2.35. The third-order valence-electron chi connectivity index (χ3n) is 5.61. The molecule has 0 atom stereocenters. The van der Waals surface area contributed by atoms with Crippen LogP contribution < -0.4 is 14.9 Å². The van der Waals surface area contributed by atoms with E-state index >= 15 is 0 Å². The van der Waals surface area contributed by atoms with Gasteiger partial charge >= 0.3 is 0 Å². The average Bonchev–Trinajstić information content (AvgIpc) is 3.32. The maximum Gasteiger partial charge on any atom is 0.243 e. The lowest BCUT2D eigenvalue weighted by Gasteiger charge is -2.26. The van der Waals surface area contributed by atoms with E-state index in [0.717, 1.165) is 52.8 Å². The summed E-state index contributed by atoms with van der Waals surface area (Å²) >= 11 is 1.57. The van der Waals surface area contributed by atoms with Crippen molar-refractivity contribution in [3.63, 3.8) is 0 Å². The first kappa shape index (κ1) is 21.3. The Morgan fingerprint density at radius 2 is 1.81 bits per heavy atom. The molecule has 0 aromatic heterocycles. The Hall–Kier alpha value is -2.56. The van der Waals surface area contributed by atoms with E-state index in [1.807, 2.05) is 30.3 Å². The van der Waals surface area contributed by atoms with Crippen molar-refractivity contribution in [2.24, 2.45) is 10.1 Å². The number of hydrazone groups is 1. The molecule has 0 unspecified atom stereocenters. The van der Waals surface area contributed by atoms with Gasteiger partial charge in [0.25, 0.3) is 0 Å². The summed E-state index contributed by atoms with van der Waals surface area (Å²) in [5, 5.41) is 5.19. The summed E-state index contributed by atoms with van der Waals surface area (Å²) in [4.78, 5) is 4.92. The number of hydrogen-bond acceptors (Lipinski definition) is 7. The van der Waals surface area contributed by atoms with E-state index in [-0.39, 0.29) is 6.79 Å². The highest BCUT2D eigenvalue weighted by atomic mass is 32.2. The minimum atomic E-state index is -3.42. The van der Waals surface area contributed by atoms with Gasteiger partial charge in [0.2, 0.25) is 16.8 Å². The maximum atomic E-state index is 12.8. The summed E-state index contributed by atoms with van der Waals surface area (Å²) in [6.45, 7) is 1.98. The molecular formula is C22H24N4O4S2. The fourth-order valence-electron chi connectivity index (χ4n) is 3.82. The van der Waals surface area contributed by atoms with Crippen LogP contribution in [0, 0.1) is 0 Å². The molecule has 168 valence electrons. The molecule has 10 heteroatoms. The molecule has 1 saturated heterocycles. The van der Waals surface area contributed by atoms with E-state index < -0.39 is 10.0 Å². The number of sulfonamides is 1. The van der Waals surface area contributed by atoms with E-state index in [1.54, 1.807) is 28.2 Å². The summed E-state index contributed by atoms with van der Waals surface area (Å²) < 4.78 is 38.0. The number of piperidine rings is 1. The number of nitrogens with one attached hydrogen (secondary N) is 1. The molecular weight excluding hydrogens is 448 g/mol. The highest BCUT2D eigenvalue weighted by molar-refractivity contribution is 8.14. The molecule has 0 radical (unpaired) electrons. The van der Waals surface area contributed by atoms with Crippen LogP contribution in [0.4, 0.5) is 0 Å². The van der Waals surface area contributed by atoms with E-state index in [4.69, 9.17) is 9.47 Å². The molecule has 0 spiro atoms. The fourth-order valence-corrected chi connectivity index (χ4v) is 6.11. The highest BCUT2D eigenvalue weighted by Gasteiger charge is 2.26. The molecule has 1 N–H and O–H groups in total. The van der Waals surface area contributed by atoms with Crippen molar-refractivity contribution in [2.75, 3.05) is 25.6 Å². The van der Waals surface area contributed by atoms with Gasteiger partial charge in [-0.15, -0.1) is 0 Å². The second kappa shape index (κ2) is 9.13. The van der Waals surface area contributed by atoms with Crippen LogP contribution >= 0.6 is 11.8 Å². The smallest absolute Gasteiger partial charge is 0.243 e. The topological polar surface area (TPSA) is 92.6 Å². The van der Waals surface area contributed by atoms with Crippen molar-refractivity contribution < 1.29 is 17.9 Å². The number of thioether (sulfide) groups is 1. The van der Waals surface area contributed by atoms with Crippen LogP contribution in [-0.2, 0) is 16.6 Å². The molecule has 3 heterocycles. The highest BCUT2D eigenvalue weighted by Crippen LogP contribution is 2.32. The molecule has 1 fully saturated rings. The summed E-state index contributed by atoms with van der Waals surface area (Å²) in [5.41, 5.74) is 5.80. The van der Waals surface area contributed by atoms with Gasteiger partial charge in [-0.2, -0.15) is 9.41 Å². The number of nitrogens with zero attached hydrogens (tertiary/aromatic N) is 3. The Kier molecular flexibility index (Phi) is 6.07. The maximum absolute atomic E-state index is 12.8. The predicted molar refractivity (Wildman–Crippen MR) is 125 cm³/mol. The van der Waals surface area contributed by atoms with Gasteiger partial charge in [0.1, 0.15) is 0 Å². The Labute approximate surface area is 191 Å². The SMILES string of the molecule is O=S(=O)(c1ccc(C2=NNC(=NCc3ccc4c(c3)OCO4)SC2)cc1)N1CCCCC1. The van der Waals surface area contributed by atoms with Gasteiger partial charge in [-0.1, -0.05) is 36.4 Å². The lowest BCUT2D eigenvalue weighted by atomic mass is 10.1. The summed E-state index contributed by atoms with van der Waals surface area (Å²) in [7, 11) is -3.42. The average molecular weight is 473 g/mol. The van der Waals surface area contributed by atoms with E-state index in [2.05, 4.69) is 15.5 Å². The zero-order chi connectivity index (χ0) is 22.0. The molecule has 0 aliphatic carbocycles. The Balaban J connectivity index is 1.22. The number of ether oxygens (including phenoxy) is 2. The van der Waals surface area contributed by atoms with Crippen LogP contribution in [0.2, 0.25) is 0 Å². The van der Waals surface area contributed by atoms with Gasteiger partial charge in [0.05, 0.1) is 17.2 Å². The molecule has 0 amide bonds. The number of amidine groups is 1. The van der Waals surface area contributed by atoms with Crippen LogP contribution in [0.1, 0.15) is 30.4 Å². The summed E-state index contributed by atoms with van der Waals surface area (Å²) in [6.07, 6.45) is 2.95. The zero-order valence-corrected chi connectivity index (χ0v) is 19.1. The summed E-state index contributed by atoms with van der Waals surface area (Å²) in [6, 6.07) is 12.8. The largest absolute Gasteiger partial charge is 0.454 e. The second-order valence-corrected chi connectivity index (χ2v) is 10.7. The molecule has 3 aliphatic heterocycles. The van der Waals surface area contributed by atoms with Crippen LogP contribution in [0.15, 0.2) is 57.5 Å². The third-order valence-corrected chi connectivity index (χ3v) is 8.44. The lowest BCUT2D eigenvalue weighted by molar-refractivity contribution is 0.174. The van der Waals surface area contributed by atoms with Crippen molar-refractivity contribution in [1.82, 2.24) is 9.73 Å². The van der Waals surface area contributed by atoms with Crippen LogP contribution in [0.3, 0.4) is 0 Å². The fraction of sp³-hybridized carbons (Fsp3) is 0.364. The van der Waals surface area contributed by atoms with E-state index in [9.17, 15) is 8.42 Å². The molecule has 3 aliphatic rings. The molecule has 2 aromatic carbocycles. The Bertz CT molecular complexity index is 1160. The molecule has 2 aromatic rings. The quantitative estimate of drug-likeness (QED) is 0.719. The zero-order valence-electron chi connectivity index (χ0n) is 17.5. The van der Waals surface area contributed by atoms with E-state index in [0.29, 0.717) is 30.3 Å². The number of fused-ring (bicyclic) bond motifs is 1. The molecule has 8 nitrogen and oxygen atoms in total. The van der Waals surface area contributed by atoms with Gasteiger partial charge in [-0.3, -0.25) is 10.4 Å². The molecule has 5 rings (SSSR count). The Morgan fingerprint density at radius 3 is 2.56 bits per heavy atom. The van der Waals surface area contributed by atoms with Gasteiger partial charge in [0.15, 0.2) is 16.7 Å². The first-order valence-corrected chi connectivity index (χ1v) is 13.0. The number of aliphatic imine (C=N–C) groups is 1. The van der Waals surface area contributed by atoms with Crippen molar-refractivity contribution in [2.45, 2.75) is 30.7 Å². The number of hydrogen-bond donors (Lipinski definition) is 1. The summed E-state index contributed by atoms with van der Waals surface area (Å²) in [5.74, 6) is 2.17. The van der Waals surface area contributed by atoms with Gasteiger partial charge < -0.3 is 9.47 Å². The minimum absolute atomic E-state index is 0.257. The van der Waals surface area contributed by atoms with Crippen LogP contribution in [0.25, 0.3) is 0 Å². The predicted octanol–water partition coefficient (Wildman–Crippen LogP) is 3.19. The van der Waals surface area contributed by atoms with Gasteiger partial charge in [-0.25, -0.2) is 8.42 Å². The number of benzene rings is 2. The van der Waals surface area contributed by atoms with Gasteiger partial charge in [0, 0.05) is 18.8 Å². The van der Waals surface area contributed by atoms with Crippen molar-refractivity contribution in [3.05, 3.63) is 53.6 Å². The third kappa shape index (κ3) is 4.48. The van der Waals surface area contributed by atoms with E-state index in [1.165, 1.54) is 0 Å². The Morgan fingerprint density at radius 1 is 1.03 bits per heavy atom. The van der Waals surface area contributed by atoms with Crippen LogP contribution in [-0.4, -0.2) is 49.2 Å². The number of rotatable bonds is 5. The molecule has 0 saturated carbocycles. The first-order valence-electron chi connectivity index (χ1n) is 10.6. The minimum Gasteiger partial charge on any atom is -0.454 e. The standard InChI is InChI=1S/C22H24N4O4S2/c27-32(28,26-10-2-1-3-11-26)18-7-5-17(6-8-18)19-14-31-22(25-24-19)23-13-16-4-9-20-21(12-16)30-15-29-20/h4-9,12H,1-3,10-11,13-15H2,(H,23,25). The van der Waals surface area contributed by atoms with Crippen molar-refractivity contribution in [1.29, 1.82) is 0 Å². The van der Waals surface area contributed by atoms with Crippen LogP contribution in [0.5, 0.6) is 11.5 Å². The second-order valence-electron chi connectivity index (χ2n) is 7.76. The van der Waals surface area contributed by atoms with Crippen molar-refractivity contribution >= 4 is 32.7 Å². The van der Waals surface area contributed by atoms with Gasteiger partial charge in [-0.05, 0) is 48.2 Å². The normalized spacial score (nSPS) is 20.1. The molecule has 32 heavy (non-hydrogen) atoms.